The molecule has 0 aromatic carbocycles. The van der Waals surface area contributed by atoms with E-state index in [1.165, 1.54) is 6.20 Å². The molecule has 0 N–H and O–H groups in total. The minimum atomic E-state index is -0.00491. The number of carbonyl (C=O) groups is 1. The number of aromatic nitrogens is 1. The molecule has 1 aromatic heterocycles. The van der Waals surface area contributed by atoms with E-state index in [-0.39, 0.29) is 11.9 Å². The molecule has 0 bridgehead atoms. The Morgan fingerprint density at radius 3 is 2.75 bits per heavy atom. The van der Waals surface area contributed by atoms with Gasteiger partial charge < -0.3 is 9.42 Å². The number of aryl methyl sites for hydroxylation is 1. The minimum Gasteiger partial charge on any atom is -0.361 e. The molecule has 0 aliphatic rings. The van der Waals surface area contributed by atoms with Crippen LogP contribution in [0.1, 0.15) is 36.4 Å². The standard InChI is InChI=1S/C11H17BrN2O2/c1-8(2)14(6-4-5-12)11(15)10-7-13-16-9(10)3/h7-8H,4-6H2,1-3H3. The van der Waals surface area contributed by atoms with Crippen LogP contribution in [0, 0.1) is 6.92 Å². The molecule has 0 saturated heterocycles. The summed E-state index contributed by atoms with van der Waals surface area (Å²) in [5, 5.41) is 4.53. The molecule has 0 unspecified atom stereocenters. The number of rotatable bonds is 5. The number of carbonyl (C=O) groups excluding carboxylic acids is 1. The molecule has 16 heavy (non-hydrogen) atoms. The van der Waals surface area contributed by atoms with Crippen molar-refractivity contribution in [2.75, 3.05) is 11.9 Å². The van der Waals surface area contributed by atoms with E-state index in [9.17, 15) is 4.79 Å². The molecular formula is C11H17BrN2O2. The third-order valence-corrected chi connectivity index (χ3v) is 2.96. The van der Waals surface area contributed by atoms with Gasteiger partial charge in [0, 0.05) is 17.9 Å². The van der Waals surface area contributed by atoms with Gasteiger partial charge in [0.1, 0.15) is 11.3 Å². The molecule has 1 heterocycles. The summed E-state index contributed by atoms with van der Waals surface area (Å²) in [6.45, 7) is 6.51. The topological polar surface area (TPSA) is 46.3 Å². The van der Waals surface area contributed by atoms with E-state index in [1.807, 2.05) is 18.7 Å². The van der Waals surface area contributed by atoms with E-state index in [1.54, 1.807) is 6.92 Å². The molecule has 0 radical (unpaired) electrons. The Hall–Kier alpha value is -0.840. The largest absolute Gasteiger partial charge is 0.361 e. The van der Waals surface area contributed by atoms with Crippen LogP contribution < -0.4 is 0 Å². The Kier molecular flexibility index (Phi) is 4.99. The molecule has 0 aliphatic heterocycles. The molecule has 0 aliphatic carbocycles. The fourth-order valence-electron chi connectivity index (χ4n) is 1.48. The summed E-state index contributed by atoms with van der Waals surface area (Å²) in [7, 11) is 0. The van der Waals surface area contributed by atoms with Crippen molar-refractivity contribution in [2.45, 2.75) is 33.2 Å². The quantitative estimate of drug-likeness (QED) is 0.783. The summed E-state index contributed by atoms with van der Waals surface area (Å²) in [5.74, 6) is 0.573. The number of hydrogen-bond donors (Lipinski definition) is 0. The number of nitrogens with zero attached hydrogens (tertiary/aromatic N) is 2. The lowest BCUT2D eigenvalue weighted by atomic mass is 10.2. The zero-order chi connectivity index (χ0) is 12.1. The van der Waals surface area contributed by atoms with E-state index >= 15 is 0 Å². The van der Waals surface area contributed by atoms with Crippen molar-refractivity contribution in [3.05, 3.63) is 17.5 Å². The molecule has 0 spiro atoms. The van der Waals surface area contributed by atoms with Gasteiger partial charge in [-0.25, -0.2) is 0 Å². The highest BCUT2D eigenvalue weighted by Crippen LogP contribution is 2.13. The fourth-order valence-corrected chi connectivity index (χ4v) is 1.73. The molecule has 5 heteroatoms. The van der Waals surface area contributed by atoms with Crippen LogP contribution in [0.5, 0.6) is 0 Å². The normalized spacial score (nSPS) is 10.8. The lowest BCUT2D eigenvalue weighted by Crippen LogP contribution is -2.38. The first-order chi connectivity index (χ1) is 7.57. The van der Waals surface area contributed by atoms with Crippen molar-refractivity contribution in [1.29, 1.82) is 0 Å². The van der Waals surface area contributed by atoms with Gasteiger partial charge in [-0.3, -0.25) is 4.79 Å². The maximum atomic E-state index is 12.2. The lowest BCUT2D eigenvalue weighted by molar-refractivity contribution is 0.0705. The predicted molar refractivity (Wildman–Crippen MR) is 65.8 cm³/mol. The third-order valence-electron chi connectivity index (χ3n) is 2.40. The third kappa shape index (κ3) is 3.07. The molecule has 0 saturated carbocycles. The highest BCUT2D eigenvalue weighted by Gasteiger charge is 2.21. The lowest BCUT2D eigenvalue weighted by Gasteiger charge is -2.26. The molecule has 1 amide bonds. The molecule has 4 nitrogen and oxygen atoms in total. The number of alkyl halides is 1. The van der Waals surface area contributed by atoms with Gasteiger partial charge >= 0.3 is 0 Å². The van der Waals surface area contributed by atoms with Crippen molar-refractivity contribution in [1.82, 2.24) is 10.1 Å². The fraction of sp³-hybridized carbons (Fsp3) is 0.636. The SMILES string of the molecule is Cc1oncc1C(=O)N(CCCBr)C(C)C. The Bertz CT molecular complexity index is 350. The maximum absolute atomic E-state index is 12.2. The Morgan fingerprint density at radius 2 is 2.31 bits per heavy atom. The van der Waals surface area contributed by atoms with Crippen LogP contribution in [-0.4, -0.2) is 33.9 Å². The second kappa shape index (κ2) is 6.03. The molecule has 0 atom stereocenters. The molecule has 90 valence electrons. The van der Waals surface area contributed by atoms with Crippen LogP contribution in [0.25, 0.3) is 0 Å². The summed E-state index contributed by atoms with van der Waals surface area (Å²) in [6.07, 6.45) is 2.43. The Morgan fingerprint density at radius 1 is 1.62 bits per heavy atom. The summed E-state index contributed by atoms with van der Waals surface area (Å²) < 4.78 is 4.91. The molecule has 0 fully saturated rings. The second-order valence-electron chi connectivity index (χ2n) is 3.93. The zero-order valence-electron chi connectivity index (χ0n) is 9.86. The van der Waals surface area contributed by atoms with Crippen molar-refractivity contribution < 1.29 is 9.32 Å². The summed E-state index contributed by atoms with van der Waals surface area (Å²) in [6, 6.07) is 0.181. The van der Waals surface area contributed by atoms with Gasteiger partial charge in [0.2, 0.25) is 0 Å². The summed E-state index contributed by atoms with van der Waals surface area (Å²) in [5.41, 5.74) is 0.559. The van der Waals surface area contributed by atoms with Crippen LogP contribution in [0.3, 0.4) is 0 Å². The van der Waals surface area contributed by atoms with Gasteiger partial charge in [-0.2, -0.15) is 0 Å². The van der Waals surface area contributed by atoms with Crippen LogP contribution in [0.15, 0.2) is 10.7 Å². The Balaban J connectivity index is 2.79. The van der Waals surface area contributed by atoms with E-state index in [2.05, 4.69) is 21.1 Å². The van der Waals surface area contributed by atoms with Gasteiger partial charge in [-0.1, -0.05) is 21.1 Å². The first-order valence-electron chi connectivity index (χ1n) is 5.36. The van der Waals surface area contributed by atoms with E-state index in [0.717, 1.165) is 18.3 Å². The maximum Gasteiger partial charge on any atom is 0.259 e. The van der Waals surface area contributed by atoms with Crippen molar-refractivity contribution in [3.8, 4) is 0 Å². The Labute approximate surface area is 104 Å². The van der Waals surface area contributed by atoms with Crippen molar-refractivity contribution >= 4 is 21.8 Å². The zero-order valence-corrected chi connectivity index (χ0v) is 11.5. The monoisotopic (exact) mass is 288 g/mol. The first kappa shape index (κ1) is 13.2. The van der Waals surface area contributed by atoms with Gasteiger partial charge in [0.15, 0.2) is 0 Å². The molecular weight excluding hydrogens is 272 g/mol. The van der Waals surface area contributed by atoms with Gasteiger partial charge in [-0.15, -0.1) is 0 Å². The number of halogens is 1. The number of amides is 1. The average molecular weight is 289 g/mol. The minimum absolute atomic E-state index is 0.00491. The first-order valence-corrected chi connectivity index (χ1v) is 6.48. The van der Waals surface area contributed by atoms with E-state index in [4.69, 9.17) is 4.52 Å². The van der Waals surface area contributed by atoms with Gasteiger partial charge in [-0.05, 0) is 27.2 Å². The van der Waals surface area contributed by atoms with Crippen LogP contribution in [0.4, 0.5) is 0 Å². The van der Waals surface area contributed by atoms with E-state index in [0.29, 0.717) is 11.3 Å². The smallest absolute Gasteiger partial charge is 0.259 e. The summed E-state index contributed by atoms with van der Waals surface area (Å²) in [4.78, 5) is 14.0. The second-order valence-corrected chi connectivity index (χ2v) is 4.72. The van der Waals surface area contributed by atoms with Gasteiger partial charge in [0.05, 0.1) is 6.20 Å². The van der Waals surface area contributed by atoms with Crippen molar-refractivity contribution in [2.24, 2.45) is 0 Å². The van der Waals surface area contributed by atoms with Gasteiger partial charge in [0.25, 0.3) is 5.91 Å². The number of hydrogen-bond acceptors (Lipinski definition) is 3. The highest BCUT2D eigenvalue weighted by atomic mass is 79.9. The van der Waals surface area contributed by atoms with Crippen LogP contribution in [0.2, 0.25) is 0 Å². The van der Waals surface area contributed by atoms with Crippen LogP contribution >= 0.6 is 15.9 Å². The highest BCUT2D eigenvalue weighted by molar-refractivity contribution is 9.09. The summed E-state index contributed by atoms with van der Waals surface area (Å²) >= 11 is 3.37. The van der Waals surface area contributed by atoms with Crippen molar-refractivity contribution in [3.63, 3.8) is 0 Å². The van der Waals surface area contributed by atoms with Crippen LogP contribution in [-0.2, 0) is 0 Å². The predicted octanol–water partition coefficient (Wildman–Crippen LogP) is 2.62. The molecule has 1 aromatic rings. The van der Waals surface area contributed by atoms with E-state index < -0.39 is 0 Å². The average Bonchev–Trinajstić information content (AvgIpc) is 2.64. The molecule has 1 rings (SSSR count).